The van der Waals surface area contributed by atoms with Crippen molar-refractivity contribution in [3.05, 3.63) is 34.0 Å². The molecule has 4 aromatic rings. The molecule has 0 aliphatic carbocycles. The van der Waals surface area contributed by atoms with Crippen LogP contribution < -0.4 is 4.18 Å². The molecular weight excluding hydrogens is 368 g/mol. The van der Waals surface area contributed by atoms with Crippen LogP contribution in [0, 0.1) is 20.8 Å². The highest BCUT2D eigenvalue weighted by molar-refractivity contribution is 7.87. The highest BCUT2D eigenvalue weighted by atomic mass is 32.2. The van der Waals surface area contributed by atoms with Crippen molar-refractivity contribution < 1.29 is 17.1 Å². The average molecular weight is 380 g/mol. The zero-order valence-corrected chi connectivity index (χ0v) is 15.4. The summed E-state index contributed by atoms with van der Waals surface area (Å²) in [5.41, 5.74) is 1.16. The predicted octanol–water partition coefficient (Wildman–Crippen LogP) is 4.19. The number of rotatable bonds is 3. The molecule has 0 bridgehead atoms. The molecule has 4 rings (SSSR count). The van der Waals surface area contributed by atoms with Crippen LogP contribution in [0.5, 0.6) is 5.75 Å². The summed E-state index contributed by atoms with van der Waals surface area (Å²) in [6, 6.07) is 3.57. The molecule has 0 aliphatic rings. The molecule has 124 valence electrons. The summed E-state index contributed by atoms with van der Waals surface area (Å²) in [7, 11) is -4.03. The first-order valence-electron chi connectivity index (χ1n) is 7.01. The lowest BCUT2D eigenvalue weighted by molar-refractivity contribution is 0.390. The average Bonchev–Trinajstić information content (AvgIpc) is 3.17. The lowest BCUT2D eigenvalue weighted by Crippen LogP contribution is -2.11. The third-order valence-corrected chi connectivity index (χ3v) is 6.91. The lowest BCUT2D eigenvalue weighted by Gasteiger charge is -2.08. The zero-order chi connectivity index (χ0) is 17.1. The molecule has 0 unspecified atom stereocenters. The van der Waals surface area contributed by atoms with Crippen molar-refractivity contribution in [1.82, 2.24) is 10.1 Å². The van der Waals surface area contributed by atoms with Crippen LogP contribution in [0.15, 0.2) is 26.9 Å². The second kappa shape index (κ2) is 5.27. The SMILES string of the molecule is Cc1nc2c(cc(OS(=O)(=O)c3c(C)noc3C)c3ccsc32)s1. The minimum Gasteiger partial charge on any atom is -0.378 e. The van der Waals surface area contributed by atoms with Crippen LogP contribution in [0.1, 0.15) is 16.5 Å². The van der Waals surface area contributed by atoms with Gasteiger partial charge in [-0.15, -0.1) is 22.7 Å². The summed E-state index contributed by atoms with van der Waals surface area (Å²) in [4.78, 5) is 4.51. The molecule has 0 radical (unpaired) electrons. The van der Waals surface area contributed by atoms with E-state index in [0.29, 0.717) is 5.75 Å². The van der Waals surface area contributed by atoms with Gasteiger partial charge >= 0.3 is 10.1 Å². The van der Waals surface area contributed by atoms with E-state index in [9.17, 15) is 8.42 Å². The number of hydrogen-bond donors (Lipinski definition) is 0. The van der Waals surface area contributed by atoms with Gasteiger partial charge in [-0.05, 0) is 32.2 Å². The highest BCUT2D eigenvalue weighted by Crippen LogP contribution is 2.40. The molecule has 6 nitrogen and oxygen atoms in total. The number of fused-ring (bicyclic) bond motifs is 3. The van der Waals surface area contributed by atoms with Crippen LogP contribution in [0.25, 0.3) is 20.3 Å². The minimum absolute atomic E-state index is 0.0218. The Labute approximate surface area is 145 Å². The van der Waals surface area contributed by atoms with E-state index in [-0.39, 0.29) is 16.3 Å². The first-order chi connectivity index (χ1) is 11.4. The second-order valence-electron chi connectivity index (χ2n) is 5.31. The van der Waals surface area contributed by atoms with E-state index in [4.69, 9.17) is 8.71 Å². The highest BCUT2D eigenvalue weighted by Gasteiger charge is 2.27. The number of aryl methyl sites for hydroxylation is 3. The molecule has 9 heteroatoms. The van der Waals surface area contributed by atoms with Crippen LogP contribution in [0.4, 0.5) is 0 Å². The molecule has 3 heterocycles. The third-order valence-electron chi connectivity index (χ3n) is 3.59. The van der Waals surface area contributed by atoms with Crippen LogP contribution >= 0.6 is 22.7 Å². The number of hydrogen-bond acceptors (Lipinski definition) is 8. The Morgan fingerprint density at radius 3 is 2.75 bits per heavy atom. The molecule has 0 amide bonds. The number of aromatic nitrogens is 2. The number of benzene rings is 1. The van der Waals surface area contributed by atoms with Gasteiger partial charge in [0.25, 0.3) is 0 Å². The Hall–Kier alpha value is -1.97. The van der Waals surface area contributed by atoms with E-state index in [2.05, 4.69) is 10.1 Å². The molecule has 0 atom stereocenters. The molecule has 24 heavy (non-hydrogen) atoms. The van der Waals surface area contributed by atoms with Crippen LogP contribution in [-0.2, 0) is 10.1 Å². The summed E-state index contributed by atoms with van der Waals surface area (Å²) < 4.78 is 37.6. The van der Waals surface area contributed by atoms with Crippen molar-refractivity contribution in [2.24, 2.45) is 0 Å². The van der Waals surface area contributed by atoms with Gasteiger partial charge in [-0.2, -0.15) is 8.42 Å². The Balaban J connectivity index is 1.91. The third kappa shape index (κ3) is 2.31. The van der Waals surface area contributed by atoms with Crippen molar-refractivity contribution in [2.45, 2.75) is 25.7 Å². The van der Waals surface area contributed by atoms with Crippen LogP contribution in [0.3, 0.4) is 0 Å². The second-order valence-corrected chi connectivity index (χ2v) is 8.94. The molecule has 3 aromatic heterocycles. The maximum Gasteiger partial charge on any atom is 0.344 e. The Morgan fingerprint density at radius 1 is 1.25 bits per heavy atom. The maximum atomic E-state index is 12.7. The normalized spacial score (nSPS) is 12.3. The topological polar surface area (TPSA) is 82.3 Å². The summed E-state index contributed by atoms with van der Waals surface area (Å²) in [6.45, 7) is 5.04. The molecule has 0 N–H and O–H groups in total. The van der Waals surface area contributed by atoms with Crippen LogP contribution in [-0.4, -0.2) is 18.6 Å². The monoisotopic (exact) mass is 380 g/mol. The summed E-state index contributed by atoms with van der Waals surface area (Å²) in [6.07, 6.45) is 0. The van der Waals surface area contributed by atoms with Gasteiger partial charge in [-0.3, -0.25) is 0 Å². The Morgan fingerprint density at radius 2 is 2.04 bits per heavy atom. The van der Waals surface area contributed by atoms with Crippen molar-refractivity contribution in [3.8, 4) is 5.75 Å². The smallest absolute Gasteiger partial charge is 0.344 e. The van der Waals surface area contributed by atoms with Gasteiger partial charge in [0.15, 0.2) is 16.4 Å². The van der Waals surface area contributed by atoms with E-state index >= 15 is 0 Å². The van der Waals surface area contributed by atoms with E-state index < -0.39 is 10.1 Å². The number of thiazole rings is 1. The first kappa shape index (κ1) is 15.6. The Bertz CT molecular complexity index is 1160. The molecule has 0 aliphatic heterocycles. The van der Waals surface area contributed by atoms with E-state index in [0.717, 1.165) is 25.3 Å². The van der Waals surface area contributed by atoms with Gasteiger partial charge in [0, 0.05) is 11.5 Å². The standard InChI is InChI=1S/C15H12N2O4S3/c1-7-15(8(2)20-17-7)24(18,19)21-11-6-12-13(16-9(3)23-12)14-10(11)4-5-22-14/h4-6H,1-3H3. The van der Waals surface area contributed by atoms with Gasteiger partial charge in [0.2, 0.25) is 0 Å². The first-order valence-corrected chi connectivity index (χ1v) is 10.1. The van der Waals surface area contributed by atoms with E-state index in [1.165, 1.54) is 22.7 Å². The van der Waals surface area contributed by atoms with Crippen LogP contribution in [0.2, 0.25) is 0 Å². The predicted molar refractivity (Wildman–Crippen MR) is 93.5 cm³/mol. The minimum atomic E-state index is -4.03. The fourth-order valence-corrected chi connectivity index (χ4v) is 5.73. The molecule has 0 saturated carbocycles. The van der Waals surface area contributed by atoms with Gasteiger partial charge in [0.05, 0.1) is 19.9 Å². The molecule has 0 saturated heterocycles. The lowest BCUT2D eigenvalue weighted by atomic mass is 10.2. The molecular formula is C15H12N2O4S3. The summed E-state index contributed by atoms with van der Waals surface area (Å²) in [5.74, 6) is 0.506. The Kier molecular flexibility index (Phi) is 3.41. The van der Waals surface area contributed by atoms with Crippen molar-refractivity contribution >= 4 is 53.1 Å². The summed E-state index contributed by atoms with van der Waals surface area (Å²) >= 11 is 3.02. The maximum absolute atomic E-state index is 12.7. The fourth-order valence-electron chi connectivity index (χ4n) is 2.65. The van der Waals surface area contributed by atoms with Gasteiger partial charge in [0.1, 0.15) is 5.69 Å². The van der Waals surface area contributed by atoms with Gasteiger partial charge < -0.3 is 8.71 Å². The molecule has 0 fully saturated rings. The number of thiophene rings is 1. The summed E-state index contributed by atoms with van der Waals surface area (Å²) in [5, 5.41) is 7.24. The largest absolute Gasteiger partial charge is 0.378 e. The zero-order valence-electron chi connectivity index (χ0n) is 13.0. The van der Waals surface area contributed by atoms with Gasteiger partial charge in [-0.1, -0.05) is 5.16 Å². The van der Waals surface area contributed by atoms with E-state index in [1.54, 1.807) is 19.9 Å². The quantitative estimate of drug-likeness (QED) is 0.496. The van der Waals surface area contributed by atoms with E-state index in [1.807, 2.05) is 18.4 Å². The van der Waals surface area contributed by atoms with Crippen molar-refractivity contribution in [3.63, 3.8) is 0 Å². The van der Waals surface area contributed by atoms with Gasteiger partial charge in [-0.25, -0.2) is 4.98 Å². The fraction of sp³-hybridized carbons (Fsp3) is 0.200. The molecule has 1 aromatic carbocycles. The molecule has 0 spiro atoms. The van der Waals surface area contributed by atoms with Crippen molar-refractivity contribution in [1.29, 1.82) is 0 Å². The van der Waals surface area contributed by atoms with Crippen molar-refractivity contribution in [2.75, 3.05) is 0 Å². The number of nitrogens with zero attached hydrogens (tertiary/aromatic N) is 2.